The SMILES string of the molecule is C[C@H]1C[C@@H](OC(=O)CCNC(=O)Nc2ccccc2)C(=O)O1. The lowest BCUT2D eigenvalue weighted by molar-refractivity contribution is -0.160. The summed E-state index contributed by atoms with van der Waals surface area (Å²) in [6.45, 7) is 1.86. The van der Waals surface area contributed by atoms with Gasteiger partial charge in [0.25, 0.3) is 0 Å². The van der Waals surface area contributed by atoms with Gasteiger partial charge in [0.05, 0.1) is 6.42 Å². The number of amides is 2. The molecule has 0 radical (unpaired) electrons. The van der Waals surface area contributed by atoms with E-state index in [-0.39, 0.29) is 19.1 Å². The maximum absolute atomic E-state index is 11.6. The molecule has 2 amide bonds. The maximum Gasteiger partial charge on any atom is 0.347 e. The number of carbonyl (C=O) groups excluding carboxylic acids is 3. The molecular weight excluding hydrogens is 288 g/mol. The topological polar surface area (TPSA) is 93.7 Å². The average Bonchev–Trinajstić information content (AvgIpc) is 2.77. The predicted octanol–water partition coefficient (Wildman–Crippen LogP) is 1.45. The quantitative estimate of drug-likeness (QED) is 0.803. The van der Waals surface area contributed by atoms with Crippen LogP contribution < -0.4 is 10.6 Å². The zero-order valence-corrected chi connectivity index (χ0v) is 12.2. The largest absolute Gasteiger partial charge is 0.460 e. The number of hydrogen-bond donors (Lipinski definition) is 2. The summed E-state index contributed by atoms with van der Waals surface area (Å²) in [5, 5.41) is 5.17. The molecule has 1 aliphatic heterocycles. The predicted molar refractivity (Wildman–Crippen MR) is 78.1 cm³/mol. The number of hydrogen-bond acceptors (Lipinski definition) is 5. The van der Waals surface area contributed by atoms with Crippen molar-refractivity contribution < 1.29 is 23.9 Å². The van der Waals surface area contributed by atoms with Crippen LogP contribution in [0.5, 0.6) is 0 Å². The van der Waals surface area contributed by atoms with Gasteiger partial charge in [0.2, 0.25) is 6.10 Å². The van der Waals surface area contributed by atoms with Gasteiger partial charge in [-0.25, -0.2) is 9.59 Å². The molecule has 2 N–H and O–H groups in total. The van der Waals surface area contributed by atoms with Crippen molar-refractivity contribution in [3.63, 3.8) is 0 Å². The third kappa shape index (κ3) is 4.76. The monoisotopic (exact) mass is 306 g/mol. The van der Waals surface area contributed by atoms with Crippen LogP contribution in [0.2, 0.25) is 0 Å². The second-order valence-corrected chi connectivity index (χ2v) is 4.96. The third-order valence-corrected chi connectivity index (χ3v) is 3.05. The Morgan fingerprint density at radius 3 is 2.68 bits per heavy atom. The minimum absolute atomic E-state index is 0.0135. The molecule has 0 spiro atoms. The van der Waals surface area contributed by atoms with Crippen molar-refractivity contribution in [2.24, 2.45) is 0 Å². The van der Waals surface area contributed by atoms with E-state index in [0.717, 1.165) is 0 Å². The van der Waals surface area contributed by atoms with Crippen LogP contribution in [0.4, 0.5) is 10.5 Å². The van der Waals surface area contributed by atoms with Crippen LogP contribution in [-0.4, -0.2) is 36.7 Å². The molecule has 0 saturated carbocycles. The molecule has 1 aromatic rings. The van der Waals surface area contributed by atoms with Gasteiger partial charge in [0.15, 0.2) is 0 Å². The van der Waals surface area contributed by atoms with E-state index >= 15 is 0 Å². The van der Waals surface area contributed by atoms with Gasteiger partial charge >= 0.3 is 18.0 Å². The molecule has 22 heavy (non-hydrogen) atoms. The number of anilines is 1. The van der Waals surface area contributed by atoms with Gasteiger partial charge in [-0.05, 0) is 19.1 Å². The summed E-state index contributed by atoms with van der Waals surface area (Å²) < 4.78 is 9.90. The first-order chi connectivity index (χ1) is 10.5. The van der Waals surface area contributed by atoms with E-state index in [9.17, 15) is 14.4 Å². The van der Waals surface area contributed by atoms with Gasteiger partial charge in [-0.15, -0.1) is 0 Å². The van der Waals surface area contributed by atoms with E-state index in [2.05, 4.69) is 10.6 Å². The molecule has 1 saturated heterocycles. The molecule has 7 heteroatoms. The molecule has 0 bridgehead atoms. The Morgan fingerprint density at radius 1 is 1.32 bits per heavy atom. The van der Waals surface area contributed by atoms with Crippen molar-refractivity contribution in [3.8, 4) is 0 Å². The fourth-order valence-electron chi connectivity index (χ4n) is 2.01. The summed E-state index contributed by atoms with van der Waals surface area (Å²) in [4.78, 5) is 34.5. The molecule has 1 aromatic carbocycles. The van der Waals surface area contributed by atoms with Gasteiger partial charge in [0, 0.05) is 18.7 Å². The summed E-state index contributed by atoms with van der Waals surface area (Å²) in [6.07, 6.45) is -0.715. The van der Waals surface area contributed by atoms with Crippen molar-refractivity contribution in [1.82, 2.24) is 5.32 Å². The smallest absolute Gasteiger partial charge is 0.347 e. The second kappa shape index (κ2) is 7.44. The maximum atomic E-state index is 11.6. The van der Waals surface area contributed by atoms with Crippen molar-refractivity contribution in [2.45, 2.75) is 32.0 Å². The zero-order chi connectivity index (χ0) is 15.9. The van der Waals surface area contributed by atoms with Crippen molar-refractivity contribution in [3.05, 3.63) is 30.3 Å². The summed E-state index contributed by atoms with van der Waals surface area (Å²) in [5.74, 6) is -1.06. The Hall–Kier alpha value is -2.57. The number of urea groups is 1. The van der Waals surface area contributed by atoms with Crippen LogP contribution in [0, 0.1) is 0 Å². The minimum atomic E-state index is -0.833. The van der Waals surface area contributed by atoms with E-state index in [0.29, 0.717) is 12.1 Å². The van der Waals surface area contributed by atoms with Crippen molar-refractivity contribution in [2.75, 3.05) is 11.9 Å². The van der Waals surface area contributed by atoms with Crippen LogP contribution in [0.25, 0.3) is 0 Å². The van der Waals surface area contributed by atoms with Gasteiger partial charge in [-0.3, -0.25) is 4.79 Å². The Bertz CT molecular complexity index is 546. The number of esters is 2. The third-order valence-electron chi connectivity index (χ3n) is 3.05. The van der Waals surface area contributed by atoms with Crippen molar-refractivity contribution in [1.29, 1.82) is 0 Å². The van der Waals surface area contributed by atoms with E-state index in [1.165, 1.54) is 0 Å². The number of rotatable bonds is 5. The highest BCUT2D eigenvalue weighted by atomic mass is 16.6. The van der Waals surface area contributed by atoms with Crippen LogP contribution in [-0.2, 0) is 19.1 Å². The average molecular weight is 306 g/mol. The Balaban J connectivity index is 1.64. The lowest BCUT2D eigenvalue weighted by atomic mass is 10.2. The molecule has 7 nitrogen and oxygen atoms in total. The summed E-state index contributed by atoms with van der Waals surface area (Å²) in [6, 6.07) is 8.53. The van der Waals surface area contributed by atoms with Gasteiger partial charge in [-0.1, -0.05) is 18.2 Å². The Labute approximate surface area is 128 Å². The molecule has 118 valence electrons. The fraction of sp³-hybridized carbons (Fsp3) is 0.400. The van der Waals surface area contributed by atoms with E-state index in [1.807, 2.05) is 6.07 Å². The van der Waals surface area contributed by atoms with Gasteiger partial charge in [-0.2, -0.15) is 0 Å². The Kier molecular flexibility index (Phi) is 5.35. The number of cyclic esters (lactones) is 1. The number of benzene rings is 1. The molecule has 1 heterocycles. The summed E-state index contributed by atoms with van der Waals surface area (Å²) in [7, 11) is 0. The van der Waals surface area contributed by atoms with Crippen LogP contribution in [0.15, 0.2) is 30.3 Å². The molecule has 1 aliphatic rings. The first-order valence-electron chi connectivity index (χ1n) is 7.04. The lowest BCUT2D eigenvalue weighted by Gasteiger charge is -2.09. The van der Waals surface area contributed by atoms with E-state index in [1.54, 1.807) is 31.2 Å². The molecule has 1 fully saturated rings. The molecule has 2 rings (SSSR count). The molecule has 0 unspecified atom stereocenters. The lowest BCUT2D eigenvalue weighted by Crippen LogP contribution is -2.32. The van der Waals surface area contributed by atoms with Gasteiger partial charge < -0.3 is 20.1 Å². The molecule has 0 aliphatic carbocycles. The number of ether oxygens (including phenoxy) is 2. The second-order valence-electron chi connectivity index (χ2n) is 4.96. The zero-order valence-electron chi connectivity index (χ0n) is 12.2. The number of carbonyl (C=O) groups is 3. The molecule has 2 atom stereocenters. The standard InChI is InChI=1S/C15H18N2O5/c1-10-9-12(14(19)21-10)22-13(18)7-8-16-15(20)17-11-5-3-2-4-6-11/h2-6,10,12H,7-9H2,1H3,(H2,16,17,20)/t10-,12+/m0/s1. The van der Waals surface area contributed by atoms with Crippen molar-refractivity contribution >= 4 is 23.7 Å². The highest BCUT2D eigenvalue weighted by Gasteiger charge is 2.34. The summed E-state index contributed by atoms with van der Waals surface area (Å²) in [5.41, 5.74) is 0.658. The van der Waals surface area contributed by atoms with E-state index in [4.69, 9.17) is 9.47 Å². The van der Waals surface area contributed by atoms with Crippen LogP contribution >= 0.6 is 0 Å². The fourth-order valence-corrected chi connectivity index (χ4v) is 2.01. The number of para-hydroxylation sites is 1. The van der Waals surface area contributed by atoms with Gasteiger partial charge in [0.1, 0.15) is 6.10 Å². The highest BCUT2D eigenvalue weighted by Crippen LogP contribution is 2.17. The van der Waals surface area contributed by atoms with E-state index < -0.39 is 24.1 Å². The molecule has 0 aromatic heterocycles. The first-order valence-corrected chi connectivity index (χ1v) is 7.04. The molecular formula is C15H18N2O5. The summed E-state index contributed by atoms with van der Waals surface area (Å²) >= 11 is 0. The van der Waals surface area contributed by atoms with Crippen LogP contribution in [0.1, 0.15) is 19.8 Å². The number of nitrogens with one attached hydrogen (secondary N) is 2. The minimum Gasteiger partial charge on any atom is -0.460 e. The normalized spacial score (nSPS) is 20.1. The first kappa shape index (κ1) is 15.8. The highest BCUT2D eigenvalue weighted by molar-refractivity contribution is 5.89. The van der Waals surface area contributed by atoms with Crippen LogP contribution in [0.3, 0.4) is 0 Å². The Morgan fingerprint density at radius 2 is 2.05 bits per heavy atom.